The Bertz CT molecular complexity index is 381. The quantitative estimate of drug-likeness (QED) is 0.664. The van der Waals surface area contributed by atoms with Gasteiger partial charge in [0.2, 0.25) is 5.91 Å². The van der Waals surface area contributed by atoms with E-state index in [4.69, 9.17) is 0 Å². The zero-order valence-electron chi connectivity index (χ0n) is 14.5. The highest BCUT2D eigenvalue weighted by Crippen LogP contribution is 2.15. The van der Waals surface area contributed by atoms with Crippen molar-refractivity contribution in [3.63, 3.8) is 0 Å². The minimum atomic E-state index is -0.0926. The van der Waals surface area contributed by atoms with Gasteiger partial charge in [-0.1, -0.05) is 6.92 Å². The zero-order valence-corrected chi connectivity index (χ0v) is 14.5. The summed E-state index contributed by atoms with van der Waals surface area (Å²) in [4.78, 5) is 27.5. The summed E-state index contributed by atoms with van der Waals surface area (Å²) in [6.07, 6.45) is 6.09. The molecule has 2 aliphatic rings. The summed E-state index contributed by atoms with van der Waals surface area (Å²) >= 11 is 0. The molecule has 0 saturated carbocycles. The molecule has 132 valence electrons. The molecule has 2 aliphatic heterocycles. The third-order valence-electron chi connectivity index (χ3n) is 4.87. The molecule has 6 nitrogen and oxygen atoms in total. The molecule has 2 saturated heterocycles. The third-order valence-corrected chi connectivity index (χ3v) is 4.87. The van der Waals surface area contributed by atoms with Gasteiger partial charge in [0.25, 0.3) is 0 Å². The number of rotatable bonds is 8. The van der Waals surface area contributed by atoms with Crippen molar-refractivity contribution in [2.45, 2.75) is 45.4 Å². The Morgan fingerprint density at radius 2 is 1.74 bits per heavy atom. The maximum absolute atomic E-state index is 11.7. The van der Waals surface area contributed by atoms with Gasteiger partial charge in [-0.05, 0) is 57.7 Å². The highest BCUT2D eigenvalue weighted by molar-refractivity contribution is 5.78. The molecule has 0 radical (unpaired) electrons. The zero-order chi connectivity index (χ0) is 16.5. The molecule has 23 heavy (non-hydrogen) atoms. The third kappa shape index (κ3) is 6.77. The van der Waals surface area contributed by atoms with Gasteiger partial charge in [-0.2, -0.15) is 0 Å². The molecule has 0 aromatic rings. The first kappa shape index (κ1) is 18.0. The van der Waals surface area contributed by atoms with Gasteiger partial charge in [-0.3, -0.25) is 4.79 Å². The summed E-state index contributed by atoms with van der Waals surface area (Å²) in [5.41, 5.74) is 0. The normalized spacial score (nSPS) is 20.0. The van der Waals surface area contributed by atoms with E-state index in [1.807, 2.05) is 4.90 Å². The Kier molecular flexibility index (Phi) is 7.65. The Labute approximate surface area is 140 Å². The number of hydrogen-bond acceptors (Lipinski definition) is 3. The number of nitrogens with zero attached hydrogens (tertiary/aromatic N) is 2. The smallest absolute Gasteiger partial charge is 0.314 e. The van der Waals surface area contributed by atoms with E-state index in [1.165, 1.54) is 25.9 Å². The second-order valence-electron chi connectivity index (χ2n) is 6.90. The molecule has 0 spiro atoms. The Hall–Kier alpha value is -1.30. The van der Waals surface area contributed by atoms with Crippen LogP contribution in [-0.4, -0.2) is 67.6 Å². The van der Waals surface area contributed by atoms with Crippen molar-refractivity contribution >= 4 is 11.9 Å². The number of carbonyl (C=O) groups excluding carboxylic acids is 2. The molecular weight excluding hydrogens is 292 g/mol. The molecule has 0 unspecified atom stereocenters. The van der Waals surface area contributed by atoms with Gasteiger partial charge in [0.05, 0.1) is 0 Å². The van der Waals surface area contributed by atoms with Crippen LogP contribution in [0, 0.1) is 5.92 Å². The van der Waals surface area contributed by atoms with Gasteiger partial charge in [0, 0.05) is 32.6 Å². The molecule has 2 heterocycles. The van der Waals surface area contributed by atoms with Crippen molar-refractivity contribution in [1.29, 1.82) is 0 Å². The van der Waals surface area contributed by atoms with Crippen LogP contribution in [0.4, 0.5) is 4.79 Å². The van der Waals surface area contributed by atoms with Gasteiger partial charge < -0.3 is 20.4 Å². The molecule has 0 bridgehead atoms. The number of carbonyl (C=O) groups is 2. The SMILES string of the molecule is CC1CCN(CCCNC(=O)NCCCN2CCCC2=O)CC1. The topological polar surface area (TPSA) is 64.7 Å². The molecule has 2 rings (SSSR count). The van der Waals surface area contributed by atoms with E-state index >= 15 is 0 Å². The average Bonchev–Trinajstić information content (AvgIpc) is 2.95. The van der Waals surface area contributed by atoms with E-state index in [2.05, 4.69) is 22.5 Å². The van der Waals surface area contributed by atoms with Crippen LogP contribution in [0.5, 0.6) is 0 Å². The number of piperidine rings is 1. The largest absolute Gasteiger partial charge is 0.343 e. The molecular formula is C17H32N4O2. The second kappa shape index (κ2) is 9.75. The van der Waals surface area contributed by atoms with E-state index < -0.39 is 0 Å². The van der Waals surface area contributed by atoms with E-state index in [0.717, 1.165) is 51.4 Å². The number of nitrogens with one attached hydrogen (secondary N) is 2. The Balaban J connectivity index is 1.42. The summed E-state index contributed by atoms with van der Waals surface area (Å²) in [5, 5.41) is 5.78. The first-order valence-electron chi connectivity index (χ1n) is 9.17. The Morgan fingerprint density at radius 1 is 1.09 bits per heavy atom. The van der Waals surface area contributed by atoms with Crippen LogP contribution < -0.4 is 10.6 Å². The highest BCUT2D eigenvalue weighted by atomic mass is 16.2. The molecule has 2 fully saturated rings. The lowest BCUT2D eigenvalue weighted by Gasteiger charge is -2.30. The molecule has 3 amide bonds. The van der Waals surface area contributed by atoms with Gasteiger partial charge in [-0.25, -0.2) is 4.79 Å². The maximum Gasteiger partial charge on any atom is 0.314 e. The summed E-state index contributed by atoms with van der Waals surface area (Å²) in [6, 6.07) is -0.0926. The van der Waals surface area contributed by atoms with Crippen molar-refractivity contribution in [1.82, 2.24) is 20.4 Å². The lowest BCUT2D eigenvalue weighted by molar-refractivity contribution is -0.127. The first-order valence-corrected chi connectivity index (χ1v) is 9.17. The minimum Gasteiger partial charge on any atom is -0.343 e. The van der Waals surface area contributed by atoms with Gasteiger partial charge in [-0.15, -0.1) is 0 Å². The van der Waals surface area contributed by atoms with Crippen LogP contribution in [0.2, 0.25) is 0 Å². The second-order valence-corrected chi connectivity index (χ2v) is 6.90. The number of urea groups is 1. The van der Waals surface area contributed by atoms with E-state index in [9.17, 15) is 9.59 Å². The Morgan fingerprint density at radius 3 is 2.35 bits per heavy atom. The fourth-order valence-corrected chi connectivity index (χ4v) is 3.27. The fraction of sp³-hybridized carbons (Fsp3) is 0.882. The van der Waals surface area contributed by atoms with Crippen LogP contribution in [0.15, 0.2) is 0 Å². The lowest BCUT2D eigenvalue weighted by atomic mass is 9.99. The molecule has 0 aliphatic carbocycles. The highest BCUT2D eigenvalue weighted by Gasteiger charge is 2.19. The summed E-state index contributed by atoms with van der Waals surface area (Å²) in [5.74, 6) is 1.12. The van der Waals surface area contributed by atoms with Crippen molar-refractivity contribution in [2.75, 3.05) is 45.8 Å². The van der Waals surface area contributed by atoms with Crippen LogP contribution in [0.3, 0.4) is 0 Å². The predicted octanol–water partition coefficient (Wildman–Crippen LogP) is 1.42. The van der Waals surface area contributed by atoms with E-state index in [1.54, 1.807) is 0 Å². The summed E-state index contributed by atoms with van der Waals surface area (Å²) < 4.78 is 0. The van der Waals surface area contributed by atoms with Crippen LogP contribution in [-0.2, 0) is 4.79 Å². The van der Waals surface area contributed by atoms with Gasteiger partial charge in [0.1, 0.15) is 0 Å². The van der Waals surface area contributed by atoms with Crippen LogP contribution in [0.25, 0.3) is 0 Å². The van der Waals surface area contributed by atoms with E-state index in [-0.39, 0.29) is 11.9 Å². The number of likely N-dealkylation sites (tertiary alicyclic amines) is 2. The lowest BCUT2D eigenvalue weighted by Crippen LogP contribution is -2.39. The maximum atomic E-state index is 11.7. The minimum absolute atomic E-state index is 0.0926. The fourth-order valence-electron chi connectivity index (χ4n) is 3.27. The van der Waals surface area contributed by atoms with Gasteiger partial charge >= 0.3 is 6.03 Å². The molecule has 0 aromatic heterocycles. The number of hydrogen-bond donors (Lipinski definition) is 2. The van der Waals surface area contributed by atoms with Crippen LogP contribution >= 0.6 is 0 Å². The molecule has 0 atom stereocenters. The standard InChI is InChI=1S/C17H32N4O2/c1-15-6-13-20(14-7-15)10-3-8-18-17(23)19-9-4-12-21-11-2-5-16(21)22/h15H,2-14H2,1H3,(H2,18,19,23). The van der Waals surface area contributed by atoms with Crippen molar-refractivity contribution < 1.29 is 9.59 Å². The monoisotopic (exact) mass is 324 g/mol. The number of amides is 3. The molecule has 2 N–H and O–H groups in total. The molecule has 0 aromatic carbocycles. The molecule has 6 heteroatoms. The van der Waals surface area contributed by atoms with Crippen molar-refractivity contribution in [3.05, 3.63) is 0 Å². The summed E-state index contributed by atoms with van der Waals surface area (Å²) in [7, 11) is 0. The average molecular weight is 324 g/mol. The first-order chi connectivity index (χ1) is 11.1. The van der Waals surface area contributed by atoms with E-state index in [0.29, 0.717) is 13.0 Å². The van der Waals surface area contributed by atoms with Crippen LogP contribution in [0.1, 0.15) is 45.4 Å². The van der Waals surface area contributed by atoms with Gasteiger partial charge in [0.15, 0.2) is 0 Å². The van der Waals surface area contributed by atoms with Crippen molar-refractivity contribution in [3.8, 4) is 0 Å². The summed E-state index contributed by atoms with van der Waals surface area (Å²) in [6.45, 7) is 8.77. The predicted molar refractivity (Wildman–Crippen MR) is 91.3 cm³/mol. The van der Waals surface area contributed by atoms with Crippen molar-refractivity contribution in [2.24, 2.45) is 5.92 Å².